The van der Waals surface area contributed by atoms with Crippen molar-refractivity contribution in [3.05, 3.63) is 28.8 Å². The van der Waals surface area contributed by atoms with Crippen LogP contribution in [0.4, 0.5) is 5.69 Å². The molecule has 0 bridgehead atoms. The fourth-order valence-electron chi connectivity index (χ4n) is 1.91. The van der Waals surface area contributed by atoms with Crippen molar-refractivity contribution in [2.75, 3.05) is 44.4 Å². The summed E-state index contributed by atoms with van der Waals surface area (Å²) in [5.74, 6) is 0. The largest absolute Gasteiger partial charge is 0.380 e. The van der Waals surface area contributed by atoms with Crippen molar-refractivity contribution in [1.82, 2.24) is 0 Å². The molecular weight excluding hydrogens is 276 g/mol. The number of nitrogens with two attached hydrogens (primary N) is 1. The van der Waals surface area contributed by atoms with Gasteiger partial charge in [0, 0.05) is 43.6 Å². The molecule has 0 aliphatic heterocycles. The topological polar surface area (TPSA) is 47.7 Å². The lowest BCUT2D eigenvalue weighted by Gasteiger charge is -2.25. The molecule has 4 nitrogen and oxygen atoms in total. The van der Waals surface area contributed by atoms with Crippen LogP contribution < -0.4 is 10.6 Å². The standard InChI is InChI=1S/C15H25ClN2O2/c1-3-19-9-7-18(8-10-20-4-2)14-6-5-13(12-17)15(16)11-14/h5-6,11H,3-4,7-10,12,17H2,1-2H3. The van der Waals surface area contributed by atoms with Crippen LogP contribution in [-0.4, -0.2) is 39.5 Å². The van der Waals surface area contributed by atoms with Gasteiger partial charge in [0.1, 0.15) is 0 Å². The molecule has 0 fully saturated rings. The molecule has 0 heterocycles. The van der Waals surface area contributed by atoms with Gasteiger partial charge < -0.3 is 20.1 Å². The molecule has 0 aromatic heterocycles. The highest BCUT2D eigenvalue weighted by atomic mass is 35.5. The van der Waals surface area contributed by atoms with Gasteiger partial charge in [-0.3, -0.25) is 0 Å². The van der Waals surface area contributed by atoms with E-state index in [1.165, 1.54) is 0 Å². The Balaban J connectivity index is 2.71. The van der Waals surface area contributed by atoms with Crippen LogP contribution >= 0.6 is 11.6 Å². The normalized spacial score (nSPS) is 10.8. The second-order valence-corrected chi connectivity index (χ2v) is 4.77. The van der Waals surface area contributed by atoms with Crippen LogP contribution in [0.3, 0.4) is 0 Å². The quantitative estimate of drug-likeness (QED) is 0.675. The summed E-state index contributed by atoms with van der Waals surface area (Å²) < 4.78 is 10.9. The van der Waals surface area contributed by atoms with Gasteiger partial charge >= 0.3 is 0 Å². The number of rotatable bonds is 10. The van der Waals surface area contributed by atoms with Crippen molar-refractivity contribution < 1.29 is 9.47 Å². The summed E-state index contributed by atoms with van der Waals surface area (Å²) >= 11 is 6.23. The van der Waals surface area contributed by atoms with Gasteiger partial charge in [-0.1, -0.05) is 17.7 Å². The van der Waals surface area contributed by atoms with E-state index in [-0.39, 0.29) is 0 Å². The molecule has 0 radical (unpaired) electrons. The minimum Gasteiger partial charge on any atom is -0.380 e. The van der Waals surface area contributed by atoms with E-state index >= 15 is 0 Å². The minimum atomic E-state index is 0.455. The van der Waals surface area contributed by atoms with Crippen LogP contribution in [0.5, 0.6) is 0 Å². The Labute approximate surface area is 126 Å². The summed E-state index contributed by atoms with van der Waals surface area (Å²) in [4.78, 5) is 2.22. The van der Waals surface area contributed by atoms with Gasteiger partial charge in [0.2, 0.25) is 0 Å². The molecule has 0 aliphatic carbocycles. The molecule has 20 heavy (non-hydrogen) atoms. The third kappa shape index (κ3) is 5.67. The maximum absolute atomic E-state index is 6.23. The number of hydrogen-bond acceptors (Lipinski definition) is 4. The fraction of sp³-hybridized carbons (Fsp3) is 0.600. The molecule has 2 N–H and O–H groups in total. The van der Waals surface area contributed by atoms with Gasteiger partial charge in [-0.15, -0.1) is 0 Å². The zero-order chi connectivity index (χ0) is 14.8. The van der Waals surface area contributed by atoms with Gasteiger partial charge in [0.05, 0.1) is 13.2 Å². The number of benzene rings is 1. The first kappa shape index (κ1) is 17.2. The molecule has 1 aromatic rings. The third-order valence-electron chi connectivity index (χ3n) is 3.04. The van der Waals surface area contributed by atoms with E-state index in [0.717, 1.165) is 37.6 Å². The van der Waals surface area contributed by atoms with Gasteiger partial charge in [0.25, 0.3) is 0 Å². The Kier molecular flexibility index (Phi) is 8.62. The zero-order valence-corrected chi connectivity index (χ0v) is 13.2. The molecule has 0 amide bonds. The second kappa shape index (κ2) is 10.00. The van der Waals surface area contributed by atoms with Crippen molar-refractivity contribution in [3.63, 3.8) is 0 Å². The fourth-order valence-corrected chi connectivity index (χ4v) is 2.16. The molecule has 0 saturated heterocycles. The Bertz CT molecular complexity index is 378. The lowest BCUT2D eigenvalue weighted by Crippen LogP contribution is -2.31. The molecular formula is C15H25ClN2O2. The Morgan fingerprint density at radius 3 is 2.15 bits per heavy atom. The zero-order valence-electron chi connectivity index (χ0n) is 12.4. The molecule has 0 atom stereocenters. The van der Waals surface area contributed by atoms with Crippen LogP contribution in [0.1, 0.15) is 19.4 Å². The number of halogens is 1. The maximum Gasteiger partial charge on any atom is 0.0641 e. The van der Waals surface area contributed by atoms with Gasteiger partial charge in [-0.05, 0) is 31.5 Å². The number of ether oxygens (including phenoxy) is 2. The average Bonchev–Trinajstić information content (AvgIpc) is 2.46. The molecule has 0 spiro atoms. The van der Waals surface area contributed by atoms with E-state index in [1.54, 1.807) is 0 Å². The lowest BCUT2D eigenvalue weighted by molar-refractivity contribution is 0.141. The van der Waals surface area contributed by atoms with Crippen molar-refractivity contribution in [2.24, 2.45) is 5.73 Å². The second-order valence-electron chi connectivity index (χ2n) is 4.36. The van der Waals surface area contributed by atoms with Crippen LogP contribution in [-0.2, 0) is 16.0 Å². The Morgan fingerprint density at radius 1 is 1.10 bits per heavy atom. The molecule has 114 valence electrons. The minimum absolute atomic E-state index is 0.455. The Morgan fingerprint density at radius 2 is 1.70 bits per heavy atom. The van der Waals surface area contributed by atoms with E-state index in [9.17, 15) is 0 Å². The van der Waals surface area contributed by atoms with Crippen LogP contribution in [0, 0.1) is 0 Å². The highest BCUT2D eigenvalue weighted by Gasteiger charge is 2.08. The summed E-state index contributed by atoms with van der Waals surface area (Å²) in [6, 6.07) is 5.99. The molecule has 1 rings (SSSR count). The van der Waals surface area contributed by atoms with Gasteiger partial charge in [-0.2, -0.15) is 0 Å². The van der Waals surface area contributed by atoms with Gasteiger partial charge in [-0.25, -0.2) is 0 Å². The van der Waals surface area contributed by atoms with Crippen molar-refractivity contribution in [3.8, 4) is 0 Å². The third-order valence-corrected chi connectivity index (χ3v) is 3.39. The summed E-state index contributed by atoms with van der Waals surface area (Å²) in [5, 5.41) is 0.711. The molecule has 0 unspecified atom stereocenters. The van der Waals surface area contributed by atoms with Crippen LogP contribution in [0.25, 0.3) is 0 Å². The first-order chi connectivity index (χ1) is 9.72. The van der Waals surface area contributed by atoms with Crippen molar-refractivity contribution >= 4 is 17.3 Å². The lowest BCUT2D eigenvalue weighted by atomic mass is 10.2. The summed E-state index contributed by atoms with van der Waals surface area (Å²) in [5.41, 5.74) is 7.67. The highest BCUT2D eigenvalue weighted by molar-refractivity contribution is 6.31. The first-order valence-electron chi connectivity index (χ1n) is 7.11. The molecule has 0 saturated carbocycles. The molecule has 1 aromatic carbocycles. The highest BCUT2D eigenvalue weighted by Crippen LogP contribution is 2.23. The van der Waals surface area contributed by atoms with Crippen LogP contribution in [0.15, 0.2) is 18.2 Å². The summed E-state index contributed by atoms with van der Waals surface area (Å²) in [6.07, 6.45) is 0. The number of anilines is 1. The van der Waals surface area contributed by atoms with E-state index in [1.807, 2.05) is 32.0 Å². The summed E-state index contributed by atoms with van der Waals surface area (Å²) in [7, 11) is 0. The van der Waals surface area contributed by atoms with E-state index < -0.39 is 0 Å². The predicted molar refractivity (Wildman–Crippen MR) is 84.5 cm³/mol. The maximum atomic E-state index is 6.23. The molecule has 5 heteroatoms. The van der Waals surface area contributed by atoms with Crippen molar-refractivity contribution in [2.45, 2.75) is 20.4 Å². The van der Waals surface area contributed by atoms with E-state index in [0.29, 0.717) is 24.8 Å². The first-order valence-corrected chi connectivity index (χ1v) is 7.49. The predicted octanol–water partition coefficient (Wildman–Crippen LogP) is 2.68. The molecule has 0 aliphatic rings. The van der Waals surface area contributed by atoms with E-state index in [4.69, 9.17) is 26.8 Å². The smallest absolute Gasteiger partial charge is 0.0641 e. The summed E-state index contributed by atoms with van der Waals surface area (Å²) in [6.45, 7) is 8.93. The van der Waals surface area contributed by atoms with Gasteiger partial charge in [0.15, 0.2) is 0 Å². The van der Waals surface area contributed by atoms with Crippen LogP contribution in [0.2, 0.25) is 5.02 Å². The SMILES string of the molecule is CCOCCN(CCOCC)c1ccc(CN)c(Cl)c1. The average molecular weight is 301 g/mol. The van der Waals surface area contributed by atoms with E-state index in [2.05, 4.69) is 4.90 Å². The Hall–Kier alpha value is -0.810. The monoisotopic (exact) mass is 300 g/mol. The number of nitrogens with zero attached hydrogens (tertiary/aromatic N) is 1. The van der Waals surface area contributed by atoms with Crippen molar-refractivity contribution in [1.29, 1.82) is 0 Å². The number of hydrogen-bond donors (Lipinski definition) is 1.